The van der Waals surface area contributed by atoms with Crippen molar-refractivity contribution < 1.29 is 4.79 Å². The van der Waals surface area contributed by atoms with Crippen molar-refractivity contribution in [3.63, 3.8) is 0 Å². The van der Waals surface area contributed by atoms with Gasteiger partial charge in [0.05, 0.1) is 0 Å². The van der Waals surface area contributed by atoms with Crippen LogP contribution in [0.5, 0.6) is 0 Å². The molecular weight excluding hydrogens is 390 g/mol. The third-order valence-electron chi connectivity index (χ3n) is 4.50. The van der Waals surface area contributed by atoms with Crippen LogP contribution in [0.15, 0.2) is 53.1 Å². The number of halogens is 1. The summed E-state index contributed by atoms with van der Waals surface area (Å²) < 4.78 is 1.02. The van der Waals surface area contributed by atoms with Gasteiger partial charge in [0.1, 0.15) is 5.82 Å². The molecule has 1 aromatic heterocycles. The van der Waals surface area contributed by atoms with Gasteiger partial charge in [0.2, 0.25) is 5.91 Å². The topological polar surface area (TPSA) is 45.2 Å². The zero-order valence-electron chi connectivity index (χ0n) is 14.8. The van der Waals surface area contributed by atoms with Gasteiger partial charge in [-0.15, -0.1) is 0 Å². The third-order valence-corrected chi connectivity index (χ3v) is 5.03. The van der Waals surface area contributed by atoms with E-state index in [0.717, 1.165) is 34.5 Å². The van der Waals surface area contributed by atoms with Crippen molar-refractivity contribution in [2.45, 2.75) is 32.2 Å². The van der Waals surface area contributed by atoms with Crippen LogP contribution in [0.4, 0.5) is 5.82 Å². The van der Waals surface area contributed by atoms with Gasteiger partial charge in [-0.1, -0.05) is 47.0 Å². The number of anilines is 1. The molecule has 1 amide bonds. The van der Waals surface area contributed by atoms with E-state index in [1.807, 2.05) is 42.6 Å². The fourth-order valence-electron chi connectivity index (χ4n) is 3.00. The molecule has 26 heavy (non-hydrogen) atoms. The predicted molar refractivity (Wildman–Crippen MR) is 110 cm³/mol. The van der Waals surface area contributed by atoms with Crippen LogP contribution in [0, 0.1) is 0 Å². The standard InChI is InChI=1S/C21H24BrN3O/c22-19-9-5-17(6-10-19)8-12-21(26)24-16-18-7-11-20(23-15-18)25-13-3-1-2-4-14-25/h5-12,15H,1-4,13-14,16H2,(H,24,26)/b12-8-. The SMILES string of the molecule is O=C(/C=C\c1ccc(Br)cc1)NCc1ccc(N2CCCCCC2)nc1. The molecule has 5 heteroatoms. The molecular formula is C21H24BrN3O. The summed E-state index contributed by atoms with van der Waals surface area (Å²) in [6.45, 7) is 2.66. The lowest BCUT2D eigenvalue weighted by Gasteiger charge is -2.21. The second kappa shape index (κ2) is 9.53. The molecule has 1 aliphatic heterocycles. The van der Waals surface area contributed by atoms with E-state index in [2.05, 4.69) is 37.2 Å². The number of carbonyl (C=O) groups is 1. The van der Waals surface area contributed by atoms with Crippen LogP contribution in [0.25, 0.3) is 6.08 Å². The van der Waals surface area contributed by atoms with Crippen LogP contribution in [-0.2, 0) is 11.3 Å². The smallest absolute Gasteiger partial charge is 0.244 e. The molecule has 0 unspecified atom stereocenters. The van der Waals surface area contributed by atoms with Gasteiger partial charge in [-0.25, -0.2) is 4.98 Å². The zero-order chi connectivity index (χ0) is 18.2. The molecule has 0 spiro atoms. The van der Waals surface area contributed by atoms with E-state index in [-0.39, 0.29) is 5.91 Å². The normalized spacial score (nSPS) is 15.0. The first kappa shape index (κ1) is 18.6. The maximum atomic E-state index is 12.0. The van der Waals surface area contributed by atoms with Crippen LogP contribution in [0.3, 0.4) is 0 Å². The first-order valence-electron chi connectivity index (χ1n) is 9.12. The molecule has 1 fully saturated rings. The van der Waals surface area contributed by atoms with Crippen molar-refractivity contribution in [3.05, 3.63) is 64.3 Å². The highest BCUT2D eigenvalue weighted by Gasteiger charge is 2.10. The molecule has 0 aliphatic carbocycles. The molecule has 1 N–H and O–H groups in total. The maximum absolute atomic E-state index is 12.0. The summed E-state index contributed by atoms with van der Waals surface area (Å²) in [6, 6.07) is 11.9. The van der Waals surface area contributed by atoms with Gasteiger partial charge in [-0.3, -0.25) is 4.79 Å². The second-order valence-corrected chi connectivity index (χ2v) is 7.44. The molecule has 0 saturated carbocycles. The number of hydrogen-bond donors (Lipinski definition) is 1. The fourth-order valence-corrected chi connectivity index (χ4v) is 3.27. The van der Waals surface area contributed by atoms with Gasteiger partial charge in [0.25, 0.3) is 0 Å². The summed E-state index contributed by atoms with van der Waals surface area (Å²) in [5.41, 5.74) is 2.00. The van der Waals surface area contributed by atoms with E-state index >= 15 is 0 Å². The molecule has 0 radical (unpaired) electrons. The number of nitrogens with zero attached hydrogens (tertiary/aromatic N) is 2. The molecule has 136 valence electrons. The highest BCUT2D eigenvalue weighted by Crippen LogP contribution is 2.17. The Morgan fingerprint density at radius 1 is 1.08 bits per heavy atom. The Morgan fingerprint density at radius 3 is 2.46 bits per heavy atom. The molecule has 3 rings (SSSR count). The molecule has 2 heterocycles. The molecule has 0 atom stereocenters. The Labute approximate surface area is 163 Å². The van der Waals surface area contributed by atoms with Crippen LogP contribution in [-0.4, -0.2) is 24.0 Å². The molecule has 2 aromatic rings. The van der Waals surface area contributed by atoms with Crippen molar-refractivity contribution in [2.75, 3.05) is 18.0 Å². The van der Waals surface area contributed by atoms with Crippen LogP contribution in [0.2, 0.25) is 0 Å². The number of benzene rings is 1. The Kier molecular flexibility index (Phi) is 6.83. The van der Waals surface area contributed by atoms with Crippen molar-refractivity contribution in [3.8, 4) is 0 Å². The molecule has 1 aliphatic rings. The van der Waals surface area contributed by atoms with Gasteiger partial charge in [-0.2, -0.15) is 0 Å². The first-order valence-corrected chi connectivity index (χ1v) is 9.91. The monoisotopic (exact) mass is 413 g/mol. The Bertz CT molecular complexity index is 733. The van der Waals surface area contributed by atoms with E-state index in [1.54, 1.807) is 6.08 Å². The minimum atomic E-state index is -0.107. The summed E-state index contributed by atoms with van der Waals surface area (Å²) in [5.74, 6) is 0.932. The Hall–Kier alpha value is -2.14. The summed E-state index contributed by atoms with van der Waals surface area (Å²) in [6.07, 6.45) is 10.3. The van der Waals surface area contributed by atoms with Gasteiger partial charge >= 0.3 is 0 Å². The van der Waals surface area contributed by atoms with Gasteiger partial charge < -0.3 is 10.2 Å². The van der Waals surface area contributed by atoms with Gasteiger partial charge in [-0.05, 0) is 48.2 Å². The van der Waals surface area contributed by atoms with Crippen molar-refractivity contribution >= 4 is 33.7 Å². The third kappa shape index (κ3) is 5.70. The molecule has 1 saturated heterocycles. The number of amides is 1. The number of nitrogens with one attached hydrogen (secondary N) is 1. The summed E-state index contributed by atoms with van der Waals surface area (Å²) >= 11 is 3.40. The van der Waals surface area contributed by atoms with Crippen molar-refractivity contribution in [2.24, 2.45) is 0 Å². The molecule has 4 nitrogen and oxygen atoms in total. The van der Waals surface area contributed by atoms with Gasteiger partial charge in [0, 0.05) is 36.4 Å². The molecule has 1 aromatic carbocycles. The second-order valence-electron chi connectivity index (χ2n) is 6.53. The average molecular weight is 414 g/mol. The summed E-state index contributed by atoms with van der Waals surface area (Å²) in [7, 11) is 0. The van der Waals surface area contributed by atoms with Crippen LogP contribution < -0.4 is 10.2 Å². The van der Waals surface area contributed by atoms with Gasteiger partial charge in [0.15, 0.2) is 0 Å². The van der Waals surface area contributed by atoms with E-state index in [9.17, 15) is 4.79 Å². The minimum absolute atomic E-state index is 0.107. The van der Waals surface area contributed by atoms with E-state index < -0.39 is 0 Å². The number of rotatable bonds is 5. The quantitative estimate of drug-likeness (QED) is 0.730. The average Bonchev–Trinajstić information content (AvgIpc) is 2.96. The summed E-state index contributed by atoms with van der Waals surface area (Å²) in [4.78, 5) is 18.9. The highest BCUT2D eigenvalue weighted by molar-refractivity contribution is 9.10. The maximum Gasteiger partial charge on any atom is 0.244 e. The minimum Gasteiger partial charge on any atom is -0.357 e. The lowest BCUT2D eigenvalue weighted by atomic mass is 10.2. The van der Waals surface area contributed by atoms with E-state index in [0.29, 0.717) is 6.54 Å². The van der Waals surface area contributed by atoms with Crippen molar-refractivity contribution in [1.82, 2.24) is 10.3 Å². The largest absolute Gasteiger partial charge is 0.357 e. The predicted octanol–water partition coefficient (Wildman–Crippen LogP) is 4.55. The lowest BCUT2D eigenvalue weighted by Crippen LogP contribution is -2.25. The molecule has 0 bridgehead atoms. The van der Waals surface area contributed by atoms with Crippen LogP contribution in [0.1, 0.15) is 36.8 Å². The number of pyridine rings is 1. The Balaban J connectivity index is 1.49. The number of hydrogen-bond acceptors (Lipinski definition) is 3. The zero-order valence-corrected chi connectivity index (χ0v) is 16.4. The highest BCUT2D eigenvalue weighted by atomic mass is 79.9. The lowest BCUT2D eigenvalue weighted by molar-refractivity contribution is -0.116. The Morgan fingerprint density at radius 2 is 1.81 bits per heavy atom. The summed E-state index contributed by atoms with van der Waals surface area (Å²) in [5, 5.41) is 2.90. The van der Waals surface area contributed by atoms with E-state index in [4.69, 9.17) is 0 Å². The fraction of sp³-hybridized carbons (Fsp3) is 0.333. The van der Waals surface area contributed by atoms with Crippen LogP contribution >= 0.6 is 15.9 Å². The first-order chi connectivity index (χ1) is 12.7. The number of carbonyl (C=O) groups excluding carboxylic acids is 1. The van der Waals surface area contributed by atoms with Crippen molar-refractivity contribution in [1.29, 1.82) is 0 Å². The van der Waals surface area contributed by atoms with E-state index in [1.165, 1.54) is 25.7 Å². The number of aromatic nitrogens is 1.